The molecular formula is C22H21ClN4O3. The van der Waals surface area contributed by atoms with Crippen LogP contribution in [0.3, 0.4) is 0 Å². The number of fused-ring (bicyclic) bond motifs is 1. The number of carbonyl (C=O) groups is 2. The predicted octanol–water partition coefficient (Wildman–Crippen LogP) is 2.87. The summed E-state index contributed by atoms with van der Waals surface area (Å²) in [5.74, 6) is -0.639. The summed E-state index contributed by atoms with van der Waals surface area (Å²) in [6.45, 7) is 0.805. The summed E-state index contributed by atoms with van der Waals surface area (Å²) in [7, 11) is 1.69. The minimum Gasteiger partial charge on any atom is -0.349 e. The summed E-state index contributed by atoms with van der Waals surface area (Å²) < 4.78 is 0. The Morgan fingerprint density at radius 3 is 2.67 bits per heavy atom. The quantitative estimate of drug-likeness (QED) is 0.450. The molecule has 2 N–H and O–H groups in total. The van der Waals surface area contributed by atoms with Gasteiger partial charge in [-0.15, -0.1) is 0 Å². The molecule has 0 unspecified atom stereocenters. The second-order valence-electron chi connectivity index (χ2n) is 6.69. The zero-order chi connectivity index (χ0) is 21.5. The van der Waals surface area contributed by atoms with Crippen LogP contribution in [-0.2, 0) is 4.79 Å². The van der Waals surface area contributed by atoms with Crippen LogP contribution in [0.15, 0.2) is 59.4 Å². The van der Waals surface area contributed by atoms with E-state index in [4.69, 9.17) is 11.6 Å². The molecule has 0 aliphatic rings. The maximum absolute atomic E-state index is 12.3. The zero-order valence-corrected chi connectivity index (χ0v) is 17.1. The monoisotopic (exact) mass is 424 g/mol. The minimum atomic E-state index is -0.463. The third kappa shape index (κ3) is 5.55. The van der Waals surface area contributed by atoms with E-state index in [1.165, 1.54) is 6.08 Å². The van der Waals surface area contributed by atoms with Crippen LogP contribution in [-0.4, -0.2) is 46.8 Å². The molecule has 2 aromatic carbocycles. The number of H-pyrrole nitrogens is 1. The molecule has 154 valence electrons. The molecule has 0 saturated carbocycles. The number of benzene rings is 2. The molecule has 0 atom stereocenters. The fraction of sp³-hybridized carbons (Fsp3) is 0.182. The van der Waals surface area contributed by atoms with Crippen LogP contribution in [0.2, 0.25) is 5.02 Å². The smallest absolute Gasteiger partial charge is 0.287 e. The first kappa shape index (κ1) is 21.3. The van der Waals surface area contributed by atoms with Crippen LogP contribution >= 0.6 is 11.6 Å². The Hall–Kier alpha value is -3.45. The standard InChI is InChI=1S/C22H21ClN4O3/c1-27(19(28)12-9-15-7-10-16(23)11-8-15)14-4-13-24-22(30)20-25-18-6-3-2-5-17(18)21(29)26-20/h2-3,5-12H,4,13-14H2,1H3,(H,24,30)(H,25,26,29)/b12-9+. The van der Waals surface area contributed by atoms with E-state index in [2.05, 4.69) is 15.3 Å². The molecule has 2 amide bonds. The van der Waals surface area contributed by atoms with Gasteiger partial charge in [-0.25, -0.2) is 4.98 Å². The second kappa shape index (κ2) is 9.84. The van der Waals surface area contributed by atoms with Crippen LogP contribution < -0.4 is 10.9 Å². The van der Waals surface area contributed by atoms with Gasteiger partial charge in [0.1, 0.15) is 0 Å². The number of nitrogens with one attached hydrogen (secondary N) is 2. The molecule has 0 fully saturated rings. The minimum absolute atomic E-state index is 0.0333. The first-order valence-corrected chi connectivity index (χ1v) is 9.78. The van der Waals surface area contributed by atoms with Gasteiger partial charge in [0.2, 0.25) is 5.91 Å². The van der Waals surface area contributed by atoms with Crippen molar-refractivity contribution >= 4 is 40.4 Å². The fourth-order valence-electron chi connectivity index (χ4n) is 2.77. The van der Waals surface area contributed by atoms with Crippen molar-refractivity contribution in [1.82, 2.24) is 20.2 Å². The third-order valence-corrected chi connectivity index (χ3v) is 4.70. The van der Waals surface area contributed by atoms with E-state index in [0.717, 1.165) is 5.56 Å². The van der Waals surface area contributed by atoms with E-state index < -0.39 is 5.91 Å². The molecule has 1 heterocycles. The molecule has 3 aromatic rings. The van der Waals surface area contributed by atoms with E-state index in [-0.39, 0.29) is 17.3 Å². The number of likely N-dealkylation sites (N-methyl/N-ethyl adjacent to an activating group) is 1. The maximum atomic E-state index is 12.3. The Morgan fingerprint density at radius 2 is 1.90 bits per heavy atom. The lowest BCUT2D eigenvalue weighted by molar-refractivity contribution is -0.124. The number of amides is 2. The lowest BCUT2D eigenvalue weighted by Crippen LogP contribution is -2.32. The molecule has 7 nitrogen and oxygen atoms in total. The largest absolute Gasteiger partial charge is 0.349 e. The van der Waals surface area contributed by atoms with Gasteiger partial charge in [-0.2, -0.15) is 0 Å². The van der Waals surface area contributed by atoms with Gasteiger partial charge < -0.3 is 15.2 Å². The van der Waals surface area contributed by atoms with E-state index >= 15 is 0 Å². The normalized spacial score (nSPS) is 11.0. The van der Waals surface area contributed by atoms with E-state index in [0.29, 0.717) is 35.4 Å². The summed E-state index contributed by atoms with van der Waals surface area (Å²) in [6.07, 6.45) is 3.77. The first-order valence-electron chi connectivity index (χ1n) is 9.40. The van der Waals surface area contributed by atoms with Gasteiger partial charge in [-0.05, 0) is 42.3 Å². The summed E-state index contributed by atoms with van der Waals surface area (Å²) in [4.78, 5) is 44.7. The number of nitrogens with zero attached hydrogens (tertiary/aromatic N) is 2. The number of carbonyl (C=O) groups excluding carboxylic acids is 2. The van der Waals surface area contributed by atoms with Crippen LogP contribution in [0, 0.1) is 0 Å². The summed E-state index contributed by atoms with van der Waals surface area (Å²) in [5, 5.41) is 3.78. The van der Waals surface area contributed by atoms with Crippen LogP contribution in [0.5, 0.6) is 0 Å². The van der Waals surface area contributed by atoms with Crippen molar-refractivity contribution in [2.24, 2.45) is 0 Å². The van der Waals surface area contributed by atoms with E-state index in [1.54, 1.807) is 54.4 Å². The topological polar surface area (TPSA) is 95.2 Å². The summed E-state index contributed by atoms with van der Waals surface area (Å²) in [6, 6.07) is 14.0. The summed E-state index contributed by atoms with van der Waals surface area (Å²) in [5.41, 5.74) is 0.984. The highest BCUT2D eigenvalue weighted by molar-refractivity contribution is 6.30. The molecule has 0 spiro atoms. The number of para-hydroxylation sites is 1. The van der Waals surface area contributed by atoms with Crippen molar-refractivity contribution in [3.63, 3.8) is 0 Å². The van der Waals surface area contributed by atoms with Crippen molar-refractivity contribution < 1.29 is 9.59 Å². The van der Waals surface area contributed by atoms with Gasteiger partial charge in [-0.1, -0.05) is 35.9 Å². The van der Waals surface area contributed by atoms with E-state index in [9.17, 15) is 14.4 Å². The fourth-order valence-corrected chi connectivity index (χ4v) is 2.90. The highest BCUT2D eigenvalue weighted by atomic mass is 35.5. The molecule has 0 bridgehead atoms. The Balaban J connectivity index is 1.47. The lowest BCUT2D eigenvalue weighted by Gasteiger charge is -2.15. The van der Waals surface area contributed by atoms with Crippen molar-refractivity contribution in [1.29, 1.82) is 0 Å². The molecule has 1 aromatic heterocycles. The SMILES string of the molecule is CN(CCCNC(=O)c1nc2ccccc2c(=O)[nH]1)C(=O)/C=C/c1ccc(Cl)cc1. The number of halogens is 1. The van der Waals surface area contributed by atoms with Gasteiger partial charge in [0.15, 0.2) is 5.82 Å². The Kier molecular flexibility index (Phi) is 6.98. The lowest BCUT2D eigenvalue weighted by atomic mass is 10.2. The van der Waals surface area contributed by atoms with Gasteiger partial charge in [0, 0.05) is 31.2 Å². The van der Waals surface area contributed by atoms with Crippen LogP contribution in [0.1, 0.15) is 22.6 Å². The van der Waals surface area contributed by atoms with Gasteiger partial charge >= 0.3 is 0 Å². The molecule has 3 rings (SSSR count). The van der Waals surface area contributed by atoms with Crippen LogP contribution in [0.25, 0.3) is 17.0 Å². The number of hydrogen-bond acceptors (Lipinski definition) is 4. The molecule has 8 heteroatoms. The average Bonchev–Trinajstić information content (AvgIpc) is 2.75. The highest BCUT2D eigenvalue weighted by Crippen LogP contribution is 2.10. The van der Waals surface area contributed by atoms with Gasteiger partial charge in [-0.3, -0.25) is 14.4 Å². The van der Waals surface area contributed by atoms with Crippen molar-refractivity contribution in [3.05, 3.63) is 81.4 Å². The summed E-state index contributed by atoms with van der Waals surface area (Å²) >= 11 is 5.84. The number of hydrogen-bond donors (Lipinski definition) is 2. The molecule has 0 aliphatic carbocycles. The number of aromatic nitrogens is 2. The molecule has 30 heavy (non-hydrogen) atoms. The van der Waals surface area contributed by atoms with Crippen molar-refractivity contribution in [2.45, 2.75) is 6.42 Å². The molecular weight excluding hydrogens is 404 g/mol. The van der Waals surface area contributed by atoms with Crippen LogP contribution in [0.4, 0.5) is 0 Å². The third-order valence-electron chi connectivity index (χ3n) is 4.45. The van der Waals surface area contributed by atoms with Gasteiger partial charge in [0.05, 0.1) is 10.9 Å². The second-order valence-corrected chi connectivity index (χ2v) is 7.12. The van der Waals surface area contributed by atoms with Crippen molar-refractivity contribution in [3.8, 4) is 0 Å². The number of rotatable bonds is 7. The highest BCUT2D eigenvalue weighted by Gasteiger charge is 2.11. The molecule has 0 aliphatic heterocycles. The number of aromatic amines is 1. The Labute approximate surface area is 178 Å². The van der Waals surface area contributed by atoms with E-state index in [1.807, 2.05) is 12.1 Å². The molecule has 0 saturated heterocycles. The Bertz CT molecular complexity index is 1140. The first-order chi connectivity index (χ1) is 14.4. The molecule has 0 radical (unpaired) electrons. The Morgan fingerprint density at radius 1 is 1.17 bits per heavy atom. The average molecular weight is 425 g/mol. The van der Waals surface area contributed by atoms with Crippen molar-refractivity contribution in [2.75, 3.05) is 20.1 Å². The predicted molar refractivity (Wildman–Crippen MR) is 117 cm³/mol. The van der Waals surface area contributed by atoms with Gasteiger partial charge in [0.25, 0.3) is 11.5 Å². The maximum Gasteiger partial charge on any atom is 0.287 e. The zero-order valence-electron chi connectivity index (χ0n) is 16.4.